The summed E-state index contributed by atoms with van der Waals surface area (Å²) in [6, 6.07) is 0. The molecular weight excluding hydrogens is 272 g/mol. The third-order valence-corrected chi connectivity index (χ3v) is 4.08. The van der Waals surface area contributed by atoms with Crippen molar-refractivity contribution in [3.8, 4) is 0 Å². The van der Waals surface area contributed by atoms with Gasteiger partial charge in [-0.1, -0.05) is 44.9 Å². The second-order valence-electron chi connectivity index (χ2n) is 5.89. The Hall–Kier alpha value is -1.10. The van der Waals surface area contributed by atoms with Crippen molar-refractivity contribution in [3.63, 3.8) is 0 Å². The lowest BCUT2D eigenvalue weighted by atomic mass is 9.92. The van der Waals surface area contributed by atoms with E-state index in [1.165, 1.54) is 0 Å². The molecule has 2 unspecified atom stereocenters. The lowest BCUT2D eigenvalue weighted by Crippen LogP contribution is -2.36. The normalized spacial score (nSPS) is 22.0. The Morgan fingerprint density at radius 1 is 1.05 bits per heavy atom. The summed E-state index contributed by atoms with van der Waals surface area (Å²) < 4.78 is 4.97. The van der Waals surface area contributed by atoms with E-state index in [0.717, 1.165) is 57.8 Å². The van der Waals surface area contributed by atoms with Gasteiger partial charge in [0.2, 0.25) is 0 Å². The maximum Gasteiger partial charge on any atom is 0.311 e. The van der Waals surface area contributed by atoms with Gasteiger partial charge < -0.3 is 14.9 Å². The fraction of sp³-hybridized carbons (Fsp3) is 0.875. The molecule has 0 aliphatic carbocycles. The van der Waals surface area contributed by atoms with Crippen molar-refractivity contribution < 1.29 is 24.5 Å². The molecule has 21 heavy (non-hydrogen) atoms. The number of aliphatic hydroxyl groups excluding tert-OH is 1. The number of aliphatic carboxylic acids is 1. The minimum absolute atomic E-state index is 0.243. The quantitative estimate of drug-likeness (QED) is 0.453. The summed E-state index contributed by atoms with van der Waals surface area (Å²) in [4.78, 5) is 21.8. The zero-order valence-electron chi connectivity index (χ0n) is 12.8. The van der Waals surface area contributed by atoms with E-state index >= 15 is 0 Å². The Kier molecular flexibility index (Phi) is 9.06. The molecule has 5 heteroatoms. The zero-order valence-corrected chi connectivity index (χ0v) is 12.8. The Bertz CT molecular complexity index is 316. The molecule has 0 saturated carbocycles. The summed E-state index contributed by atoms with van der Waals surface area (Å²) in [6.07, 6.45) is 9.37. The number of unbranched alkanes of at least 4 members (excludes halogenated alkanes) is 7. The predicted octanol–water partition coefficient (Wildman–Crippen LogP) is 2.90. The molecule has 1 fully saturated rings. The van der Waals surface area contributed by atoms with E-state index in [2.05, 4.69) is 0 Å². The van der Waals surface area contributed by atoms with E-state index in [4.69, 9.17) is 9.84 Å². The molecule has 0 bridgehead atoms. The van der Waals surface area contributed by atoms with Crippen LogP contribution in [0.4, 0.5) is 0 Å². The first-order valence-corrected chi connectivity index (χ1v) is 8.17. The summed E-state index contributed by atoms with van der Waals surface area (Å²) in [5, 5.41) is 18.3. The fourth-order valence-electron chi connectivity index (χ4n) is 2.76. The fourth-order valence-corrected chi connectivity index (χ4v) is 2.76. The monoisotopic (exact) mass is 300 g/mol. The summed E-state index contributed by atoms with van der Waals surface area (Å²) >= 11 is 0. The number of aliphatic hydroxyl groups is 1. The number of esters is 1. The minimum Gasteiger partial charge on any atom is -0.481 e. The molecule has 0 spiro atoms. The summed E-state index contributed by atoms with van der Waals surface area (Å²) in [7, 11) is 0. The van der Waals surface area contributed by atoms with Gasteiger partial charge in [0.25, 0.3) is 0 Å². The van der Waals surface area contributed by atoms with Gasteiger partial charge in [-0.25, -0.2) is 0 Å². The number of rotatable bonds is 11. The van der Waals surface area contributed by atoms with Crippen molar-refractivity contribution in [3.05, 3.63) is 0 Å². The van der Waals surface area contributed by atoms with Crippen molar-refractivity contribution in [2.45, 2.75) is 76.7 Å². The molecule has 1 aliphatic heterocycles. The highest BCUT2D eigenvalue weighted by atomic mass is 16.5. The van der Waals surface area contributed by atoms with Gasteiger partial charge >= 0.3 is 11.9 Å². The molecule has 1 rings (SSSR count). The molecule has 122 valence electrons. The molecule has 1 heterocycles. The third-order valence-electron chi connectivity index (χ3n) is 4.08. The van der Waals surface area contributed by atoms with E-state index in [9.17, 15) is 14.7 Å². The van der Waals surface area contributed by atoms with Gasteiger partial charge in [-0.3, -0.25) is 9.59 Å². The molecule has 0 aromatic carbocycles. The predicted molar refractivity (Wildman–Crippen MR) is 78.9 cm³/mol. The SMILES string of the molecule is O=C(O)CCCCCCCCCCC1C(=O)OCCC1O. The van der Waals surface area contributed by atoms with E-state index in [1.54, 1.807) is 0 Å². The van der Waals surface area contributed by atoms with Gasteiger partial charge in [-0.15, -0.1) is 0 Å². The first-order chi connectivity index (χ1) is 10.1. The van der Waals surface area contributed by atoms with E-state index < -0.39 is 12.1 Å². The lowest BCUT2D eigenvalue weighted by molar-refractivity contribution is -0.161. The van der Waals surface area contributed by atoms with Crippen molar-refractivity contribution in [2.24, 2.45) is 5.92 Å². The molecule has 0 amide bonds. The molecule has 2 atom stereocenters. The number of carbonyl (C=O) groups excluding carboxylic acids is 1. The summed E-state index contributed by atoms with van der Waals surface area (Å²) in [5.41, 5.74) is 0. The molecule has 0 aromatic rings. The van der Waals surface area contributed by atoms with E-state index in [0.29, 0.717) is 13.0 Å². The highest BCUT2D eigenvalue weighted by molar-refractivity contribution is 5.73. The van der Waals surface area contributed by atoms with Crippen LogP contribution in [0, 0.1) is 5.92 Å². The van der Waals surface area contributed by atoms with Crippen molar-refractivity contribution in [1.29, 1.82) is 0 Å². The molecule has 1 aliphatic rings. The van der Waals surface area contributed by atoms with Crippen molar-refractivity contribution in [1.82, 2.24) is 0 Å². The molecule has 5 nitrogen and oxygen atoms in total. The standard InChI is InChI=1S/C16H28O5/c17-14-11-12-21-16(20)13(14)9-7-5-3-1-2-4-6-8-10-15(18)19/h13-14,17H,1-12H2,(H,18,19). The van der Waals surface area contributed by atoms with Crippen LogP contribution in [-0.2, 0) is 14.3 Å². The van der Waals surface area contributed by atoms with Gasteiger partial charge in [-0.2, -0.15) is 0 Å². The number of carbonyl (C=O) groups is 2. The largest absolute Gasteiger partial charge is 0.481 e. The highest BCUT2D eigenvalue weighted by Crippen LogP contribution is 2.22. The number of cyclic esters (lactones) is 1. The molecule has 0 aromatic heterocycles. The maximum absolute atomic E-state index is 11.5. The average molecular weight is 300 g/mol. The lowest BCUT2D eigenvalue weighted by Gasteiger charge is -2.26. The number of hydrogen-bond donors (Lipinski definition) is 2. The second kappa shape index (κ2) is 10.6. The van der Waals surface area contributed by atoms with Crippen molar-refractivity contribution in [2.75, 3.05) is 6.61 Å². The summed E-state index contributed by atoms with van der Waals surface area (Å²) in [5.74, 6) is -1.28. The number of carboxylic acid groups (broad SMARTS) is 1. The van der Waals surface area contributed by atoms with Gasteiger partial charge in [-0.05, 0) is 12.8 Å². The van der Waals surface area contributed by atoms with Crippen molar-refractivity contribution >= 4 is 11.9 Å². The zero-order chi connectivity index (χ0) is 15.5. The average Bonchev–Trinajstić information content (AvgIpc) is 2.43. The van der Waals surface area contributed by atoms with Crippen LogP contribution < -0.4 is 0 Å². The highest BCUT2D eigenvalue weighted by Gasteiger charge is 2.31. The van der Waals surface area contributed by atoms with Gasteiger partial charge in [0, 0.05) is 12.8 Å². The molecular formula is C16H28O5. The first-order valence-electron chi connectivity index (χ1n) is 8.17. The summed E-state index contributed by atoms with van der Waals surface area (Å²) in [6.45, 7) is 0.346. The Morgan fingerprint density at radius 3 is 2.19 bits per heavy atom. The van der Waals surface area contributed by atoms with E-state index in [-0.39, 0.29) is 18.3 Å². The van der Waals surface area contributed by atoms with Crippen LogP contribution in [0.5, 0.6) is 0 Å². The second-order valence-corrected chi connectivity index (χ2v) is 5.89. The van der Waals surface area contributed by atoms with Crippen LogP contribution in [0.2, 0.25) is 0 Å². The van der Waals surface area contributed by atoms with E-state index in [1.807, 2.05) is 0 Å². The van der Waals surface area contributed by atoms with Gasteiger partial charge in [0.15, 0.2) is 0 Å². The molecule has 2 N–H and O–H groups in total. The Labute approximate surface area is 126 Å². The van der Waals surface area contributed by atoms with Crippen LogP contribution >= 0.6 is 0 Å². The number of carboxylic acids is 1. The smallest absolute Gasteiger partial charge is 0.311 e. The molecule has 0 radical (unpaired) electrons. The third kappa shape index (κ3) is 8.05. The number of ether oxygens (including phenoxy) is 1. The maximum atomic E-state index is 11.5. The Morgan fingerprint density at radius 2 is 1.62 bits per heavy atom. The van der Waals surface area contributed by atoms with Crippen LogP contribution in [-0.4, -0.2) is 34.9 Å². The Balaban J connectivity index is 1.90. The first kappa shape index (κ1) is 18.0. The topological polar surface area (TPSA) is 83.8 Å². The van der Waals surface area contributed by atoms with Crippen LogP contribution in [0.1, 0.15) is 70.6 Å². The van der Waals surface area contributed by atoms with Gasteiger partial charge in [0.1, 0.15) is 0 Å². The van der Waals surface area contributed by atoms with Crippen LogP contribution in [0.3, 0.4) is 0 Å². The van der Waals surface area contributed by atoms with Crippen LogP contribution in [0.25, 0.3) is 0 Å². The van der Waals surface area contributed by atoms with Gasteiger partial charge in [0.05, 0.1) is 18.6 Å². The minimum atomic E-state index is -0.710. The molecule has 1 saturated heterocycles. The van der Waals surface area contributed by atoms with Crippen LogP contribution in [0.15, 0.2) is 0 Å². The number of hydrogen-bond acceptors (Lipinski definition) is 4.